The third-order valence-corrected chi connectivity index (χ3v) is 7.82. The van der Waals surface area contributed by atoms with Gasteiger partial charge in [-0.1, -0.05) is 85.5 Å². The van der Waals surface area contributed by atoms with Crippen molar-refractivity contribution in [3.05, 3.63) is 36.4 Å². The molecule has 0 aliphatic rings. The summed E-state index contributed by atoms with van der Waals surface area (Å²) in [4.78, 5) is 0. The predicted octanol–water partition coefficient (Wildman–Crippen LogP) is 5.15. The van der Waals surface area contributed by atoms with E-state index in [1.807, 2.05) is 30.3 Å². The highest BCUT2D eigenvalue weighted by Crippen LogP contribution is 2.59. The van der Waals surface area contributed by atoms with Crippen LogP contribution in [0.3, 0.4) is 0 Å². The van der Waals surface area contributed by atoms with Crippen LogP contribution in [0.15, 0.2) is 36.4 Å². The molecule has 2 aromatic rings. The van der Waals surface area contributed by atoms with Crippen LogP contribution in [0, 0.1) is 0 Å². The molecule has 3 nitrogen and oxygen atoms in total. The van der Waals surface area contributed by atoms with Gasteiger partial charge >= 0.3 is 0 Å². The Morgan fingerprint density at radius 3 is 2.09 bits per heavy atom. The molecule has 0 bridgehead atoms. The van der Waals surface area contributed by atoms with Crippen molar-refractivity contribution in [1.82, 2.24) is 0 Å². The van der Waals surface area contributed by atoms with Crippen LogP contribution >= 0.6 is 7.92 Å². The number of nitrogens with zero attached hydrogens (tertiary/aromatic N) is 1. The summed E-state index contributed by atoms with van der Waals surface area (Å²) in [7, 11) is -0.524. The fourth-order valence-electron chi connectivity index (χ4n) is 3.08. The highest BCUT2D eigenvalue weighted by atomic mass is 31.1. The van der Waals surface area contributed by atoms with Gasteiger partial charge in [0.2, 0.25) is 0 Å². The lowest BCUT2D eigenvalue weighted by Gasteiger charge is -2.43. The molecule has 0 aromatic heterocycles. The Kier molecular flexibility index (Phi) is 4.94. The molecule has 0 aliphatic heterocycles. The summed E-state index contributed by atoms with van der Waals surface area (Å²) in [5.41, 5.74) is 0.365. The van der Waals surface area contributed by atoms with Crippen molar-refractivity contribution in [3.8, 4) is 5.75 Å². The number of benzene rings is 2. The quantitative estimate of drug-likeness (QED) is 0.625. The van der Waals surface area contributed by atoms with E-state index in [4.69, 9.17) is 0 Å². The zero-order chi connectivity index (χ0) is 17.4. The number of hydrogen-bond donors (Lipinski definition) is 1. The SMILES string of the molecule is CC(C)(C)P(CN(O)c1ccc2ccccc2c1[O-])C(C)(C)C. The molecule has 0 fully saturated rings. The first-order chi connectivity index (χ1) is 10.5. The van der Waals surface area contributed by atoms with Gasteiger partial charge in [0, 0.05) is 0 Å². The van der Waals surface area contributed by atoms with Crippen LogP contribution < -0.4 is 10.2 Å². The highest BCUT2D eigenvalue weighted by Gasteiger charge is 2.35. The van der Waals surface area contributed by atoms with Crippen LogP contribution in [0.2, 0.25) is 0 Å². The maximum Gasteiger partial charge on any atom is 0.0658 e. The summed E-state index contributed by atoms with van der Waals surface area (Å²) in [6, 6.07) is 11.1. The first kappa shape index (κ1) is 18.0. The van der Waals surface area contributed by atoms with E-state index in [0.717, 1.165) is 10.4 Å². The van der Waals surface area contributed by atoms with Gasteiger partial charge < -0.3 is 5.11 Å². The van der Waals surface area contributed by atoms with Gasteiger partial charge in [-0.25, -0.2) is 0 Å². The Morgan fingerprint density at radius 1 is 0.957 bits per heavy atom. The molecular weight excluding hydrogens is 305 g/mol. The third-order valence-electron chi connectivity index (χ3n) is 4.03. The van der Waals surface area contributed by atoms with Gasteiger partial charge in [-0.05, 0) is 27.2 Å². The van der Waals surface area contributed by atoms with Crippen molar-refractivity contribution in [3.63, 3.8) is 0 Å². The van der Waals surface area contributed by atoms with Gasteiger partial charge in [-0.15, -0.1) is 0 Å². The standard InChI is InChI=1S/C19H28NO2P/c1-18(2,3)23(19(4,5)6)13-20(22)16-12-11-14-9-7-8-10-15(14)17(16)21/h7-12,21-22H,13H2,1-6H3/p-1. The summed E-state index contributed by atoms with van der Waals surface area (Å²) in [5.74, 6) is -0.108. The molecule has 1 N–H and O–H groups in total. The molecule has 0 spiro atoms. The molecule has 4 heteroatoms. The van der Waals surface area contributed by atoms with Crippen molar-refractivity contribution in [2.45, 2.75) is 51.9 Å². The number of fused-ring (bicyclic) bond motifs is 1. The maximum absolute atomic E-state index is 12.7. The van der Waals surface area contributed by atoms with E-state index >= 15 is 0 Å². The van der Waals surface area contributed by atoms with Gasteiger partial charge in [-0.2, -0.15) is 0 Å². The smallest absolute Gasteiger partial charge is 0.0658 e. The van der Waals surface area contributed by atoms with Crippen LogP contribution in [-0.4, -0.2) is 21.8 Å². The Bertz CT molecular complexity index is 672. The fourth-order valence-corrected chi connectivity index (χ4v) is 6.36. The highest BCUT2D eigenvalue weighted by molar-refractivity contribution is 7.60. The first-order valence-electron chi connectivity index (χ1n) is 7.95. The van der Waals surface area contributed by atoms with Crippen molar-refractivity contribution in [2.75, 3.05) is 11.3 Å². The monoisotopic (exact) mass is 332 g/mol. The number of hydrogen-bond acceptors (Lipinski definition) is 3. The predicted molar refractivity (Wildman–Crippen MR) is 99.0 cm³/mol. The molecule has 0 saturated carbocycles. The molecule has 2 aromatic carbocycles. The number of rotatable bonds is 3. The van der Waals surface area contributed by atoms with Crippen molar-refractivity contribution in [2.24, 2.45) is 0 Å². The van der Waals surface area contributed by atoms with Crippen LogP contribution in [0.25, 0.3) is 10.8 Å². The molecule has 0 atom stereocenters. The summed E-state index contributed by atoms with van der Waals surface area (Å²) in [6.45, 7) is 13.2. The van der Waals surface area contributed by atoms with Crippen LogP contribution in [0.1, 0.15) is 41.5 Å². The van der Waals surface area contributed by atoms with E-state index in [2.05, 4.69) is 41.5 Å². The van der Waals surface area contributed by atoms with Crippen molar-refractivity contribution in [1.29, 1.82) is 0 Å². The second kappa shape index (κ2) is 6.30. The van der Waals surface area contributed by atoms with E-state index in [9.17, 15) is 10.3 Å². The second-order valence-corrected chi connectivity index (χ2v) is 11.8. The van der Waals surface area contributed by atoms with Crippen molar-refractivity contribution >= 4 is 24.4 Å². The van der Waals surface area contributed by atoms with Gasteiger partial charge in [0.05, 0.1) is 12.0 Å². The van der Waals surface area contributed by atoms with E-state index in [1.165, 1.54) is 0 Å². The van der Waals surface area contributed by atoms with E-state index in [-0.39, 0.29) is 16.1 Å². The van der Waals surface area contributed by atoms with E-state index < -0.39 is 7.92 Å². The summed E-state index contributed by atoms with van der Waals surface area (Å²) >= 11 is 0. The van der Waals surface area contributed by atoms with Gasteiger partial charge in [0.1, 0.15) is 0 Å². The summed E-state index contributed by atoms with van der Waals surface area (Å²) in [6.07, 6.45) is 0.496. The second-order valence-electron chi connectivity index (χ2n) is 7.95. The molecule has 0 heterocycles. The van der Waals surface area contributed by atoms with Crippen LogP contribution in [-0.2, 0) is 0 Å². The largest absolute Gasteiger partial charge is 0.871 e. The minimum atomic E-state index is -0.524. The average molecular weight is 332 g/mol. The number of anilines is 1. The molecule has 0 aliphatic carbocycles. The van der Waals surface area contributed by atoms with Crippen molar-refractivity contribution < 1.29 is 10.3 Å². The van der Waals surface area contributed by atoms with Crippen LogP contribution in [0.4, 0.5) is 5.69 Å². The van der Waals surface area contributed by atoms with E-state index in [0.29, 0.717) is 17.4 Å². The lowest BCUT2D eigenvalue weighted by atomic mass is 10.1. The summed E-state index contributed by atoms with van der Waals surface area (Å²) in [5, 5.41) is 26.2. The third kappa shape index (κ3) is 3.97. The van der Waals surface area contributed by atoms with Gasteiger partial charge in [-0.3, -0.25) is 10.3 Å². The minimum Gasteiger partial charge on any atom is -0.871 e. The lowest BCUT2D eigenvalue weighted by molar-refractivity contribution is -0.265. The fraction of sp³-hybridized carbons (Fsp3) is 0.474. The first-order valence-corrected chi connectivity index (χ1v) is 9.47. The zero-order valence-corrected chi connectivity index (χ0v) is 15.8. The normalized spacial score (nSPS) is 12.9. The molecule has 0 radical (unpaired) electrons. The van der Waals surface area contributed by atoms with Gasteiger partial charge in [0.25, 0.3) is 0 Å². The molecule has 2 rings (SSSR count). The molecule has 0 unspecified atom stereocenters. The van der Waals surface area contributed by atoms with Crippen LogP contribution in [0.5, 0.6) is 5.75 Å². The van der Waals surface area contributed by atoms with Gasteiger partial charge in [0.15, 0.2) is 0 Å². The number of hydroxylamine groups is 1. The topological polar surface area (TPSA) is 46.5 Å². The minimum absolute atomic E-state index is 0.0917. The Hall–Kier alpha value is -1.31. The molecule has 0 amide bonds. The lowest BCUT2D eigenvalue weighted by Crippen LogP contribution is -2.33. The Labute approximate surface area is 140 Å². The zero-order valence-electron chi connectivity index (χ0n) is 14.9. The average Bonchev–Trinajstić information content (AvgIpc) is 2.42. The molecule has 23 heavy (non-hydrogen) atoms. The molecule has 126 valence electrons. The maximum atomic E-state index is 12.7. The molecule has 0 saturated heterocycles. The summed E-state index contributed by atoms with van der Waals surface area (Å²) < 4.78 is 0. The van der Waals surface area contributed by atoms with E-state index in [1.54, 1.807) is 6.07 Å². The molecular formula is C19H27NO2P-. The Balaban J connectivity index is 2.37. The Morgan fingerprint density at radius 2 is 1.52 bits per heavy atom.